The standard InChI is InChI=1S/C20H26ClN3.2ClH/c1-14(2)19-10-20(24-18-8-4-7-17(21)9-18)23-13-16(19)12-22-11-15-5-3-6-15;;/h4,7-10,13-15,22H,3,5-6,11-12H2,1-2H3,(H,23,24);2*1H. The Hall–Kier alpha value is -1.00. The molecule has 0 radical (unpaired) electrons. The number of nitrogens with one attached hydrogen (secondary N) is 2. The van der Waals surface area contributed by atoms with E-state index in [1.54, 1.807) is 0 Å². The molecule has 0 atom stereocenters. The fraction of sp³-hybridized carbons (Fsp3) is 0.450. The highest BCUT2D eigenvalue weighted by molar-refractivity contribution is 6.30. The topological polar surface area (TPSA) is 37.0 Å². The van der Waals surface area contributed by atoms with Gasteiger partial charge in [0.05, 0.1) is 0 Å². The van der Waals surface area contributed by atoms with Crippen molar-refractivity contribution in [3.63, 3.8) is 0 Å². The van der Waals surface area contributed by atoms with Crippen molar-refractivity contribution in [1.82, 2.24) is 10.3 Å². The third-order valence-electron chi connectivity index (χ3n) is 4.71. The van der Waals surface area contributed by atoms with E-state index in [1.165, 1.54) is 30.4 Å². The van der Waals surface area contributed by atoms with Crippen LogP contribution in [0.15, 0.2) is 36.5 Å². The Bertz CT molecular complexity index is 688. The molecule has 0 unspecified atom stereocenters. The summed E-state index contributed by atoms with van der Waals surface area (Å²) in [5, 5.41) is 7.66. The number of anilines is 2. The van der Waals surface area contributed by atoms with E-state index in [2.05, 4.69) is 35.5 Å². The minimum Gasteiger partial charge on any atom is -0.340 e. The van der Waals surface area contributed by atoms with E-state index < -0.39 is 0 Å². The van der Waals surface area contributed by atoms with Gasteiger partial charge in [0.1, 0.15) is 5.82 Å². The van der Waals surface area contributed by atoms with Crippen LogP contribution in [0.1, 0.15) is 50.2 Å². The van der Waals surface area contributed by atoms with Gasteiger partial charge in [0.15, 0.2) is 0 Å². The van der Waals surface area contributed by atoms with Gasteiger partial charge in [-0.1, -0.05) is 37.9 Å². The predicted octanol–water partition coefficient (Wildman–Crippen LogP) is 6.34. The molecule has 2 N–H and O–H groups in total. The van der Waals surface area contributed by atoms with Gasteiger partial charge in [-0.2, -0.15) is 0 Å². The zero-order chi connectivity index (χ0) is 16.9. The largest absolute Gasteiger partial charge is 0.340 e. The van der Waals surface area contributed by atoms with Gasteiger partial charge in [-0.3, -0.25) is 0 Å². The number of nitrogens with zero attached hydrogens (tertiary/aromatic N) is 1. The highest BCUT2D eigenvalue weighted by Gasteiger charge is 2.17. The Morgan fingerprint density at radius 1 is 1.19 bits per heavy atom. The number of hydrogen-bond donors (Lipinski definition) is 2. The Labute approximate surface area is 174 Å². The zero-order valence-corrected chi connectivity index (χ0v) is 17.7. The van der Waals surface area contributed by atoms with E-state index in [1.807, 2.05) is 30.5 Å². The molecule has 3 nitrogen and oxygen atoms in total. The van der Waals surface area contributed by atoms with Gasteiger partial charge in [-0.05, 0) is 66.6 Å². The molecule has 2 aromatic rings. The van der Waals surface area contributed by atoms with Gasteiger partial charge < -0.3 is 10.6 Å². The van der Waals surface area contributed by atoms with Crippen molar-refractivity contribution in [3.05, 3.63) is 52.7 Å². The first-order valence-corrected chi connectivity index (χ1v) is 9.21. The van der Waals surface area contributed by atoms with Gasteiger partial charge in [0.2, 0.25) is 0 Å². The quantitative estimate of drug-likeness (QED) is 0.553. The first-order chi connectivity index (χ1) is 11.6. The van der Waals surface area contributed by atoms with Crippen LogP contribution in [0.2, 0.25) is 5.02 Å². The maximum absolute atomic E-state index is 6.05. The molecule has 6 heteroatoms. The number of halogens is 3. The van der Waals surface area contributed by atoms with Crippen LogP contribution in [0, 0.1) is 5.92 Å². The smallest absolute Gasteiger partial charge is 0.130 e. The molecule has 1 saturated carbocycles. The summed E-state index contributed by atoms with van der Waals surface area (Å²) >= 11 is 6.05. The molecule has 0 bridgehead atoms. The van der Waals surface area contributed by atoms with Crippen molar-refractivity contribution in [2.75, 3.05) is 11.9 Å². The van der Waals surface area contributed by atoms with E-state index in [0.29, 0.717) is 5.92 Å². The second kappa shape index (κ2) is 11.0. The molecule has 1 aliphatic carbocycles. The second-order valence-corrected chi connectivity index (χ2v) is 7.42. The number of benzene rings is 1. The third kappa shape index (κ3) is 6.31. The van der Waals surface area contributed by atoms with E-state index >= 15 is 0 Å². The van der Waals surface area contributed by atoms with Gasteiger partial charge in [-0.15, -0.1) is 24.8 Å². The maximum Gasteiger partial charge on any atom is 0.130 e. The lowest BCUT2D eigenvalue weighted by Crippen LogP contribution is -2.27. The number of aromatic nitrogens is 1. The van der Waals surface area contributed by atoms with Crippen LogP contribution in [0.4, 0.5) is 11.5 Å². The summed E-state index contributed by atoms with van der Waals surface area (Å²) in [7, 11) is 0. The summed E-state index contributed by atoms with van der Waals surface area (Å²) in [4.78, 5) is 4.58. The number of hydrogen-bond acceptors (Lipinski definition) is 3. The first kappa shape index (κ1) is 23.0. The molecule has 0 aliphatic heterocycles. The van der Waals surface area contributed by atoms with Crippen LogP contribution in [-0.4, -0.2) is 11.5 Å². The van der Waals surface area contributed by atoms with Crippen LogP contribution in [-0.2, 0) is 6.54 Å². The average Bonchev–Trinajstić information content (AvgIpc) is 2.50. The van der Waals surface area contributed by atoms with Gasteiger partial charge in [0.25, 0.3) is 0 Å². The van der Waals surface area contributed by atoms with E-state index in [9.17, 15) is 0 Å². The van der Waals surface area contributed by atoms with Gasteiger partial charge >= 0.3 is 0 Å². The van der Waals surface area contributed by atoms with Crippen molar-refractivity contribution >= 4 is 47.9 Å². The zero-order valence-electron chi connectivity index (χ0n) is 15.3. The molecule has 26 heavy (non-hydrogen) atoms. The van der Waals surface area contributed by atoms with Crippen molar-refractivity contribution < 1.29 is 0 Å². The monoisotopic (exact) mass is 415 g/mol. The van der Waals surface area contributed by atoms with Crippen molar-refractivity contribution in [3.8, 4) is 0 Å². The Morgan fingerprint density at radius 3 is 2.58 bits per heavy atom. The van der Waals surface area contributed by atoms with Crippen molar-refractivity contribution in [1.29, 1.82) is 0 Å². The van der Waals surface area contributed by atoms with Crippen LogP contribution in [0.3, 0.4) is 0 Å². The molecule has 1 aromatic carbocycles. The Morgan fingerprint density at radius 2 is 1.96 bits per heavy atom. The highest BCUT2D eigenvalue weighted by atomic mass is 35.5. The molecule has 0 saturated heterocycles. The normalized spacial score (nSPS) is 13.5. The summed E-state index contributed by atoms with van der Waals surface area (Å²) in [6, 6.07) is 9.87. The minimum absolute atomic E-state index is 0. The fourth-order valence-corrected chi connectivity index (χ4v) is 3.27. The molecule has 3 rings (SSSR count). The predicted molar refractivity (Wildman–Crippen MR) is 117 cm³/mol. The van der Waals surface area contributed by atoms with Gasteiger partial charge in [0, 0.05) is 23.5 Å². The summed E-state index contributed by atoms with van der Waals surface area (Å²) in [6.07, 6.45) is 6.15. The van der Waals surface area contributed by atoms with Crippen molar-refractivity contribution in [2.45, 2.75) is 45.6 Å². The van der Waals surface area contributed by atoms with Crippen LogP contribution < -0.4 is 10.6 Å². The summed E-state index contributed by atoms with van der Waals surface area (Å²) in [6.45, 7) is 6.48. The van der Waals surface area contributed by atoms with E-state index in [-0.39, 0.29) is 24.8 Å². The molecule has 0 amide bonds. The average molecular weight is 417 g/mol. The molecule has 0 spiro atoms. The van der Waals surface area contributed by atoms with E-state index in [4.69, 9.17) is 11.6 Å². The summed E-state index contributed by atoms with van der Waals surface area (Å²) < 4.78 is 0. The van der Waals surface area contributed by atoms with E-state index in [0.717, 1.165) is 35.5 Å². The molecule has 1 fully saturated rings. The molecule has 1 aliphatic rings. The van der Waals surface area contributed by atoms with Crippen molar-refractivity contribution in [2.24, 2.45) is 5.92 Å². The Balaban J connectivity index is 0.00000169. The molecular weight excluding hydrogens is 389 g/mol. The lowest BCUT2D eigenvalue weighted by atomic mass is 9.85. The fourth-order valence-electron chi connectivity index (χ4n) is 3.07. The Kier molecular flexibility index (Phi) is 9.73. The molecule has 144 valence electrons. The number of rotatable bonds is 7. The third-order valence-corrected chi connectivity index (χ3v) is 4.95. The second-order valence-electron chi connectivity index (χ2n) is 6.99. The summed E-state index contributed by atoms with van der Waals surface area (Å²) in [5.74, 6) is 2.21. The number of pyridine rings is 1. The van der Waals surface area contributed by atoms with Gasteiger partial charge in [-0.25, -0.2) is 4.98 Å². The van der Waals surface area contributed by atoms with Crippen LogP contribution >= 0.6 is 36.4 Å². The SMILES string of the molecule is CC(C)c1cc(Nc2cccc(Cl)c2)ncc1CNCC1CCC1.Cl.Cl. The molecule has 1 aromatic heterocycles. The first-order valence-electron chi connectivity index (χ1n) is 8.84. The molecular formula is C20H28Cl3N3. The minimum atomic E-state index is 0. The van der Waals surface area contributed by atoms with Crippen LogP contribution in [0.5, 0.6) is 0 Å². The highest BCUT2D eigenvalue weighted by Crippen LogP contribution is 2.27. The lowest BCUT2D eigenvalue weighted by Gasteiger charge is -2.25. The summed E-state index contributed by atoms with van der Waals surface area (Å²) in [5.41, 5.74) is 3.59. The van der Waals surface area contributed by atoms with Crippen LogP contribution in [0.25, 0.3) is 0 Å². The maximum atomic E-state index is 6.05. The molecule has 1 heterocycles. The lowest BCUT2D eigenvalue weighted by molar-refractivity contribution is 0.301.